The van der Waals surface area contributed by atoms with Crippen LogP contribution in [-0.4, -0.2) is 26.8 Å². The summed E-state index contributed by atoms with van der Waals surface area (Å²) >= 11 is 5.86. The number of nitrogens with one attached hydrogen (secondary N) is 1. The van der Waals surface area contributed by atoms with Gasteiger partial charge in [-0.1, -0.05) is 16.8 Å². The molecule has 0 radical (unpaired) electrons. The Morgan fingerprint density at radius 3 is 2.85 bits per heavy atom. The first-order valence-corrected chi connectivity index (χ1v) is 6.32. The van der Waals surface area contributed by atoms with Gasteiger partial charge >= 0.3 is 0 Å². The summed E-state index contributed by atoms with van der Waals surface area (Å²) < 4.78 is 1.00. The molecule has 1 aromatic carbocycles. The first-order chi connectivity index (χ1) is 9.56. The molecule has 3 rings (SSSR count). The van der Waals surface area contributed by atoms with Crippen LogP contribution in [0.1, 0.15) is 18.9 Å². The number of nitrogens with zero attached hydrogens (tertiary/aromatic N) is 3. The molecule has 102 valence electrons. The van der Waals surface area contributed by atoms with Crippen LogP contribution in [0.3, 0.4) is 0 Å². The summed E-state index contributed by atoms with van der Waals surface area (Å²) in [6, 6.07) is 3.85. The second-order valence-corrected chi connectivity index (χ2v) is 4.90. The summed E-state index contributed by atoms with van der Waals surface area (Å²) in [4.78, 5) is 35.2. The van der Waals surface area contributed by atoms with Crippen molar-refractivity contribution in [3.8, 4) is 0 Å². The van der Waals surface area contributed by atoms with Crippen LogP contribution in [0.2, 0.25) is 5.02 Å². The van der Waals surface area contributed by atoms with Crippen LogP contribution < -0.4 is 10.9 Å². The smallest absolute Gasteiger partial charge is 0.278 e. The van der Waals surface area contributed by atoms with E-state index in [1.54, 1.807) is 12.1 Å². The van der Waals surface area contributed by atoms with Gasteiger partial charge < -0.3 is 0 Å². The van der Waals surface area contributed by atoms with Gasteiger partial charge in [0, 0.05) is 11.4 Å². The lowest BCUT2D eigenvalue weighted by Crippen LogP contribution is -2.45. The zero-order valence-corrected chi connectivity index (χ0v) is 10.9. The van der Waals surface area contributed by atoms with E-state index in [0.717, 1.165) is 4.68 Å². The summed E-state index contributed by atoms with van der Waals surface area (Å²) in [6.07, 6.45) is 0.392. The summed E-state index contributed by atoms with van der Waals surface area (Å²) in [6.45, 7) is 0. The molecule has 1 saturated heterocycles. The minimum Gasteiger partial charge on any atom is -0.295 e. The van der Waals surface area contributed by atoms with E-state index in [4.69, 9.17) is 11.6 Å². The van der Waals surface area contributed by atoms with Gasteiger partial charge in [0.05, 0.1) is 5.39 Å². The van der Waals surface area contributed by atoms with Gasteiger partial charge in [-0.15, -0.1) is 5.10 Å². The summed E-state index contributed by atoms with van der Waals surface area (Å²) in [5.74, 6) is -0.893. The number of fused-ring (bicyclic) bond motifs is 1. The molecule has 2 amide bonds. The quantitative estimate of drug-likeness (QED) is 0.769. The lowest BCUT2D eigenvalue weighted by Gasteiger charge is -2.21. The van der Waals surface area contributed by atoms with Gasteiger partial charge in [0.1, 0.15) is 11.6 Å². The van der Waals surface area contributed by atoms with Crippen molar-refractivity contribution >= 4 is 34.3 Å². The fourth-order valence-electron chi connectivity index (χ4n) is 2.15. The number of imide groups is 1. The number of amides is 2. The van der Waals surface area contributed by atoms with E-state index < -0.39 is 17.5 Å². The minimum absolute atomic E-state index is 0.165. The molecule has 20 heavy (non-hydrogen) atoms. The van der Waals surface area contributed by atoms with Crippen molar-refractivity contribution in [2.24, 2.45) is 0 Å². The predicted octanol–water partition coefficient (Wildman–Crippen LogP) is 0.423. The maximum atomic E-state index is 12.3. The van der Waals surface area contributed by atoms with Gasteiger partial charge in [-0.3, -0.25) is 19.7 Å². The Hall–Kier alpha value is -2.28. The highest BCUT2D eigenvalue weighted by Crippen LogP contribution is 2.18. The standard InChI is InChI=1S/C12H9ClN4O3/c13-6-1-2-8-7(5-6)12(20)17(16-15-8)9-3-4-10(18)14-11(9)19/h1-2,5,9H,3-4H2,(H,14,18,19). The molecule has 2 heterocycles. The maximum Gasteiger partial charge on any atom is 0.278 e. The van der Waals surface area contributed by atoms with Crippen LogP contribution in [-0.2, 0) is 9.59 Å². The summed E-state index contributed by atoms with van der Waals surface area (Å²) in [5, 5.41) is 10.5. The number of carbonyl (C=O) groups excluding carboxylic acids is 2. The van der Waals surface area contributed by atoms with Gasteiger partial charge in [0.2, 0.25) is 5.91 Å². The lowest BCUT2D eigenvalue weighted by atomic mass is 10.1. The third kappa shape index (κ3) is 2.05. The molecule has 0 bridgehead atoms. The van der Waals surface area contributed by atoms with Crippen molar-refractivity contribution in [3.05, 3.63) is 33.6 Å². The number of hydrogen-bond acceptors (Lipinski definition) is 5. The molecule has 1 unspecified atom stereocenters. The molecule has 1 atom stereocenters. The fourth-order valence-corrected chi connectivity index (χ4v) is 2.32. The van der Waals surface area contributed by atoms with Crippen molar-refractivity contribution in [1.82, 2.24) is 20.3 Å². The second kappa shape index (κ2) is 4.68. The van der Waals surface area contributed by atoms with Gasteiger partial charge in [-0.25, -0.2) is 0 Å². The molecule has 0 spiro atoms. The molecule has 0 aliphatic carbocycles. The Labute approximate surface area is 117 Å². The number of aromatic nitrogens is 3. The Balaban J connectivity index is 2.13. The Bertz CT molecular complexity index is 786. The molecule has 2 aromatic rings. The molecule has 1 N–H and O–H groups in total. The number of piperidine rings is 1. The third-order valence-electron chi connectivity index (χ3n) is 3.15. The lowest BCUT2D eigenvalue weighted by molar-refractivity contribution is -0.136. The van der Waals surface area contributed by atoms with E-state index in [9.17, 15) is 14.4 Å². The molecule has 7 nitrogen and oxygen atoms in total. The molecule has 8 heteroatoms. The van der Waals surface area contributed by atoms with Crippen LogP contribution in [0.4, 0.5) is 0 Å². The van der Waals surface area contributed by atoms with Crippen molar-refractivity contribution < 1.29 is 9.59 Å². The van der Waals surface area contributed by atoms with E-state index in [0.29, 0.717) is 10.5 Å². The maximum absolute atomic E-state index is 12.3. The molecular weight excluding hydrogens is 284 g/mol. The topological polar surface area (TPSA) is 93.9 Å². The fraction of sp³-hybridized carbons (Fsp3) is 0.250. The van der Waals surface area contributed by atoms with E-state index in [2.05, 4.69) is 15.6 Å². The molecule has 1 aliphatic heterocycles. The highest BCUT2D eigenvalue weighted by Gasteiger charge is 2.30. The largest absolute Gasteiger partial charge is 0.295 e. The van der Waals surface area contributed by atoms with Gasteiger partial charge in [-0.05, 0) is 24.6 Å². The van der Waals surface area contributed by atoms with E-state index in [-0.39, 0.29) is 24.1 Å². The Morgan fingerprint density at radius 2 is 2.10 bits per heavy atom. The van der Waals surface area contributed by atoms with Crippen LogP contribution in [0.5, 0.6) is 0 Å². The molecule has 1 aliphatic rings. The van der Waals surface area contributed by atoms with Gasteiger partial charge in [-0.2, -0.15) is 4.68 Å². The number of hydrogen-bond donors (Lipinski definition) is 1. The highest BCUT2D eigenvalue weighted by atomic mass is 35.5. The molecular formula is C12H9ClN4O3. The number of rotatable bonds is 1. The number of halogens is 1. The van der Waals surface area contributed by atoms with Crippen LogP contribution in [0.25, 0.3) is 10.9 Å². The van der Waals surface area contributed by atoms with Crippen LogP contribution >= 0.6 is 11.6 Å². The molecule has 0 saturated carbocycles. The SMILES string of the molecule is O=C1CCC(n2nnc3ccc(Cl)cc3c2=O)C(=O)N1. The van der Waals surface area contributed by atoms with E-state index >= 15 is 0 Å². The highest BCUT2D eigenvalue weighted by molar-refractivity contribution is 6.31. The van der Waals surface area contributed by atoms with Gasteiger partial charge in [0.25, 0.3) is 11.5 Å². The van der Waals surface area contributed by atoms with E-state index in [1.807, 2.05) is 0 Å². The normalized spacial score (nSPS) is 19.1. The minimum atomic E-state index is -0.823. The van der Waals surface area contributed by atoms with Crippen molar-refractivity contribution in [2.45, 2.75) is 18.9 Å². The van der Waals surface area contributed by atoms with Crippen molar-refractivity contribution in [1.29, 1.82) is 0 Å². The second-order valence-electron chi connectivity index (χ2n) is 4.47. The first-order valence-electron chi connectivity index (χ1n) is 5.95. The zero-order chi connectivity index (χ0) is 14.3. The van der Waals surface area contributed by atoms with E-state index in [1.165, 1.54) is 6.07 Å². The summed E-state index contributed by atoms with van der Waals surface area (Å²) in [5.41, 5.74) is -0.0463. The molecule has 1 aromatic heterocycles. The zero-order valence-electron chi connectivity index (χ0n) is 10.2. The summed E-state index contributed by atoms with van der Waals surface area (Å²) in [7, 11) is 0. The average Bonchev–Trinajstić information content (AvgIpc) is 2.41. The van der Waals surface area contributed by atoms with Crippen LogP contribution in [0, 0.1) is 0 Å². The first kappa shape index (κ1) is 12.7. The monoisotopic (exact) mass is 292 g/mol. The average molecular weight is 293 g/mol. The number of carbonyl (C=O) groups is 2. The third-order valence-corrected chi connectivity index (χ3v) is 3.39. The van der Waals surface area contributed by atoms with Crippen molar-refractivity contribution in [3.63, 3.8) is 0 Å². The Morgan fingerprint density at radius 1 is 1.30 bits per heavy atom. The molecule has 1 fully saturated rings. The Kier molecular flexibility index (Phi) is 2.98. The van der Waals surface area contributed by atoms with Gasteiger partial charge in [0.15, 0.2) is 0 Å². The van der Waals surface area contributed by atoms with Crippen LogP contribution in [0.15, 0.2) is 23.0 Å². The number of benzene rings is 1. The predicted molar refractivity (Wildman–Crippen MR) is 70.2 cm³/mol. The van der Waals surface area contributed by atoms with Crippen molar-refractivity contribution in [2.75, 3.05) is 0 Å².